The first-order valence-electron chi connectivity index (χ1n) is 8.99. The number of anilines is 1. The van der Waals surface area contributed by atoms with Crippen molar-refractivity contribution >= 4 is 48.9 Å². The standard InChI is InChI=1S/C22H12N6S2/c23-10-12-9-13(21-26-15-5-1-3-7-17(15)29-21)20(25)28-19(12)14(11-24)22-27-16-6-2-4-8-18(16)30-22/h1-9,14H,(H2,25,28). The van der Waals surface area contributed by atoms with Gasteiger partial charge < -0.3 is 5.73 Å². The largest absolute Gasteiger partial charge is 0.383 e. The van der Waals surface area contributed by atoms with Crippen molar-refractivity contribution < 1.29 is 0 Å². The summed E-state index contributed by atoms with van der Waals surface area (Å²) >= 11 is 2.91. The Kier molecular flexibility index (Phi) is 4.36. The van der Waals surface area contributed by atoms with Crippen LogP contribution in [0.4, 0.5) is 5.82 Å². The second-order valence-corrected chi connectivity index (χ2v) is 8.63. The van der Waals surface area contributed by atoms with Crippen LogP contribution in [0.3, 0.4) is 0 Å². The Bertz CT molecular complexity index is 1440. The number of hydrogen-bond donors (Lipinski definition) is 1. The lowest BCUT2D eigenvalue weighted by Gasteiger charge is -2.11. The Morgan fingerprint density at radius 1 is 0.867 bits per heavy atom. The number of nitrogens with two attached hydrogens (primary N) is 1. The van der Waals surface area contributed by atoms with Crippen molar-refractivity contribution in [2.75, 3.05) is 5.73 Å². The Balaban J connectivity index is 1.64. The van der Waals surface area contributed by atoms with E-state index in [1.807, 2.05) is 48.5 Å². The van der Waals surface area contributed by atoms with Gasteiger partial charge in [0.05, 0.1) is 43.3 Å². The number of pyridine rings is 1. The number of thiazole rings is 2. The first-order valence-corrected chi connectivity index (χ1v) is 10.6. The summed E-state index contributed by atoms with van der Waals surface area (Å²) in [6.45, 7) is 0. The molecule has 3 aromatic heterocycles. The zero-order chi connectivity index (χ0) is 20.7. The number of hydrogen-bond acceptors (Lipinski definition) is 8. The molecule has 0 aliphatic heterocycles. The molecule has 1 atom stereocenters. The summed E-state index contributed by atoms with van der Waals surface area (Å²) in [7, 11) is 0. The van der Waals surface area contributed by atoms with Crippen molar-refractivity contribution in [3.8, 4) is 22.7 Å². The smallest absolute Gasteiger partial charge is 0.141 e. The van der Waals surface area contributed by atoms with Crippen LogP contribution in [0.2, 0.25) is 0 Å². The van der Waals surface area contributed by atoms with Crippen molar-refractivity contribution in [3.05, 3.63) is 70.9 Å². The number of rotatable bonds is 3. The van der Waals surface area contributed by atoms with Gasteiger partial charge in [0.2, 0.25) is 0 Å². The third-order valence-corrected chi connectivity index (χ3v) is 6.86. The molecule has 0 spiro atoms. The molecule has 0 fully saturated rings. The molecule has 5 rings (SSSR count). The van der Waals surface area contributed by atoms with Gasteiger partial charge in [0.15, 0.2) is 0 Å². The van der Waals surface area contributed by atoms with Gasteiger partial charge in [0, 0.05) is 0 Å². The fourth-order valence-electron chi connectivity index (χ4n) is 3.26. The van der Waals surface area contributed by atoms with Crippen LogP contribution in [-0.2, 0) is 0 Å². The maximum absolute atomic E-state index is 9.87. The number of fused-ring (bicyclic) bond motifs is 2. The lowest BCUT2D eigenvalue weighted by atomic mass is 10.0. The topological polar surface area (TPSA) is 112 Å². The van der Waals surface area contributed by atoms with Crippen LogP contribution >= 0.6 is 22.7 Å². The van der Waals surface area contributed by atoms with Crippen LogP contribution in [0.25, 0.3) is 31.0 Å². The van der Waals surface area contributed by atoms with E-state index in [0.717, 1.165) is 20.4 Å². The van der Waals surface area contributed by atoms with Gasteiger partial charge in [-0.1, -0.05) is 24.3 Å². The number of nitrogen functional groups attached to an aromatic ring is 1. The molecular weight excluding hydrogens is 412 g/mol. The van der Waals surface area contributed by atoms with Gasteiger partial charge >= 0.3 is 0 Å². The van der Waals surface area contributed by atoms with Gasteiger partial charge in [0.1, 0.15) is 27.8 Å². The molecule has 0 bridgehead atoms. The van der Waals surface area contributed by atoms with Crippen molar-refractivity contribution in [1.29, 1.82) is 10.5 Å². The molecule has 0 aliphatic carbocycles. The van der Waals surface area contributed by atoms with E-state index in [9.17, 15) is 10.5 Å². The van der Waals surface area contributed by atoms with Gasteiger partial charge in [0.25, 0.3) is 0 Å². The number of nitrogens with zero attached hydrogens (tertiary/aromatic N) is 5. The average Bonchev–Trinajstić information content (AvgIpc) is 3.38. The summed E-state index contributed by atoms with van der Waals surface area (Å²) in [6, 6.07) is 21.5. The Morgan fingerprint density at radius 2 is 1.53 bits per heavy atom. The SMILES string of the molecule is N#Cc1cc(-c2nc3ccccc3s2)c(N)nc1C(C#N)c1nc2ccccc2s1. The molecule has 0 aliphatic rings. The third-order valence-electron chi connectivity index (χ3n) is 4.69. The van der Waals surface area contributed by atoms with E-state index in [2.05, 4.69) is 27.1 Å². The maximum Gasteiger partial charge on any atom is 0.141 e. The van der Waals surface area contributed by atoms with Crippen molar-refractivity contribution in [2.24, 2.45) is 0 Å². The summed E-state index contributed by atoms with van der Waals surface area (Å²) in [4.78, 5) is 13.7. The van der Waals surface area contributed by atoms with Gasteiger partial charge in [-0.25, -0.2) is 15.0 Å². The van der Waals surface area contributed by atoms with Crippen molar-refractivity contribution in [2.45, 2.75) is 5.92 Å². The first-order chi connectivity index (χ1) is 14.7. The summed E-state index contributed by atoms with van der Waals surface area (Å²) < 4.78 is 2.00. The quantitative estimate of drug-likeness (QED) is 0.432. The van der Waals surface area contributed by atoms with Crippen LogP contribution < -0.4 is 5.73 Å². The van der Waals surface area contributed by atoms with Crippen LogP contribution in [0.1, 0.15) is 22.2 Å². The van der Waals surface area contributed by atoms with Crippen LogP contribution in [-0.4, -0.2) is 15.0 Å². The predicted molar refractivity (Wildman–Crippen MR) is 119 cm³/mol. The lowest BCUT2D eigenvalue weighted by Crippen LogP contribution is -2.07. The highest BCUT2D eigenvalue weighted by Crippen LogP contribution is 2.37. The third kappa shape index (κ3) is 2.96. The molecule has 30 heavy (non-hydrogen) atoms. The summed E-state index contributed by atoms with van der Waals surface area (Å²) in [5, 5.41) is 20.9. The van der Waals surface area contributed by atoms with Gasteiger partial charge in [-0.3, -0.25) is 0 Å². The van der Waals surface area contributed by atoms with Crippen LogP contribution in [0.5, 0.6) is 0 Å². The molecule has 8 heteroatoms. The second-order valence-electron chi connectivity index (χ2n) is 6.53. The molecule has 0 amide bonds. The molecule has 0 saturated carbocycles. The van der Waals surface area contributed by atoms with E-state index in [1.165, 1.54) is 22.7 Å². The number of aromatic nitrogens is 3. The fraction of sp³-hybridized carbons (Fsp3) is 0.0455. The Hall–Kier alpha value is -3.85. The molecular formula is C22H12N6S2. The zero-order valence-electron chi connectivity index (χ0n) is 15.4. The first kappa shape index (κ1) is 18.2. The number of nitriles is 2. The molecule has 0 radical (unpaired) electrons. The normalized spacial score (nSPS) is 11.9. The molecule has 3 heterocycles. The summed E-state index contributed by atoms with van der Waals surface area (Å²) in [6.07, 6.45) is 0. The highest BCUT2D eigenvalue weighted by atomic mass is 32.1. The minimum Gasteiger partial charge on any atom is -0.383 e. The Morgan fingerprint density at radius 3 is 2.17 bits per heavy atom. The molecule has 2 N–H and O–H groups in total. The number of para-hydroxylation sites is 2. The molecule has 2 aromatic carbocycles. The maximum atomic E-state index is 9.87. The van der Waals surface area contributed by atoms with E-state index in [0.29, 0.717) is 26.8 Å². The predicted octanol–water partition coefficient (Wildman–Crippen LogP) is 5.08. The molecule has 0 saturated heterocycles. The van der Waals surface area contributed by atoms with Crippen molar-refractivity contribution in [3.63, 3.8) is 0 Å². The molecule has 5 aromatic rings. The minimum absolute atomic E-state index is 0.240. The highest BCUT2D eigenvalue weighted by Gasteiger charge is 2.25. The number of benzene rings is 2. The monoisotopic (exact) mass is 424 g/mol. The average molecular weight is 425 g/mol. The van der Waals surface area contributed by atoms with Crippen LogP contribution in [0, 0.1) is 22.7 Å². The second kappa shape index (κ2) is 7.20. The van der Waals surface area contributed by atoms with Gasteiger partial charge in [-0.15, -0.1) is 22.7 Å². The Labute approximate surface area is 179 Å². The van der Waals surface area contributed by atoms with E-state index < -0.39 is 5.92 Å². The molecule has 6 nitrogen and oxygen atoms in total. The molecule has 1 unspecified atom stereocenters. The van der Waals surface area contributed by atoms with Gasteiger partial charge in [-0.2, -0.15) is 10.5 Å². The summed E-state index contributed by atoms with van der Waals surface area (Å²) in [5.41, 5.74) is 9.16. The van der Waals surface area contributed by atoms with Gasteiger partial charge in [-0.05, 0) is 30.3 Å². The van der Waals surface area contributed by atoms with E-state index in [1.54, 1.807) is 6.07 Å². The zero-order valence-corrected chi connectivity index (χ0v) is 17.0. The van der Waals surface area contributed by atoms with E-state index >= 15 is 0 Å². The van der Waals surface area contributed by atoms with E-state index in [4.69, 9.17) is 5.73 Å². The minimum atomic E-state index is -0.774. The fourth-order valence-corrected chi connectivity index (χ4v) is 5.26. The lowest BCUT2D eigenvalue weighted by molar-refractivity contribution is 0.951. The van der Waals surface area contributed by atoms with E-state index in [-0.39, 0.29) is 5.82 Å². The highest BCUT2D eigenvalue weighted by molar-refractivity contribution is 7.21. The van der Waals surface area contributed by atoms with Crippen LogP contribution in [0.15, 0.2) is 54.6 Å². The summed E-state index contributed by atoms with van der Waals surface area (Å²) in [5.74, 6) is -0.534. The van der Waals surface area contributed by atoms with Crippen molar-refractivity contribution in [1.82, 2.24) is 15.0 Å². The molecule has 142 valence electrons.